The molecule has 0 bridgehead atoms. The summed E-state index contributed by atoms with van der Waals surface area (Å²) in [5.41, 5.74) is 0. The van der Waals surface area contributed by atoms with Crippen LogP contribution in [0.5, 0.6) is 0 Å². The zero-order valence-electron chi connectivity index (χ0n) is 4.93. The van der Waals surface area contributed by atoms with Crippen molar-refractivity contribution in [1.82, 2.24) is 0 Å². The number of Topliss-reactive ketones (excluding diaryl/α,β-unsaturated/α-hetero) is 1. The van der Waals surface area contributed by atoms with Crippen molar-refractivity contribution in [2.24, 2.45) is 0 Å². The minimum atomic E-state index is -4.56. The van der Waals surface area contributed by atoms with Crippen LogP contribution in [-0.2, 0) is 13.9 Å². The fourth-order valence-electron chi connectivity index (χ4n) is 0.202. The van der Waals surface area contributed by atoms with Crippen molar-refractivity contribution < 1.29 is 28.8 Å². The molecule has 8 heteroatoms. The van der Waals surface area contributed by atoms with Gasteiger partial charge in [0.25, 0.3) is 0 Å². The number of phosphoric ester groups is 1. The number of aliphatic hydroxyl groups excluding tert-OH is 1. The van der Waals surface area contributed by atoms with E-state index in [1.807, 2.05) is 0 Å². The monoisotopic (exact) mass is 178 g/mol. The summed E-state index contributed by atoms with van der Waals surface area (Å²) < 4.78 is 13.6. The van der Waals surface area contributed by atoms with E-state index >= 15 is 0 Å². The van der Waals surface area contributed by atoms with Crippen LogP contribution in [0, 0.1) is 0 Å². The first kappa shape index (κ1) is 13.9. The Morgan fingerprint density at radius 2 is 1.91 bits per heavy atom. The molecular formula is C3H8LiO6P. The summed E-state index contributed by atoms with van der Waals surface area (Å²) in [5, 5.41) is 8.05. The Hall–Kier alpha value is 0.337. The predicted octanol–water partition coefficient (Wildman–Crippen LogP) is -1.99. The van der Waals surface area contributed by atoms with Crippen molar-refractivity contribution in [1.29, 1.82) is 0 Å². The third kappa shape index (κ3) is 10.3. The van der Waals surface area contributed by atoms with Gasteiger partial charge in [-0.15, -0.1) is 0 Å². The Morgan fingerprint density at radius 1 is 1.45 bits per heavy atom. The molecule has 0 heterocycles. The Labute approximate surface area is 75.0 Å². The number of hydrogen-bond donors (Lipinski definition) is 3. The third-order valence-electron chi connectivity index (χ3n) is 0.570. The average molecular weight is 178 g/mol. The first-order valence-electron chi connectivity index (χ1n) is 2.28. The standard InChI is InChI=1S/C3H7O6P.Li.H/c4-1-3(5)2-9-10(6,7)8;;/h4H,1-2H2,(H2,6,7,8);;. The van der Waals surface area contributed by atoms with Gasteiger partial charge in [-0.2, -0.15) is 0 Å². The van der Waals surface area contributed by atoms with E-state index in [1.54, 1.807) is 0 Å². The van der Waals surface area contributed by atoms with Crippen LogP contribution in [0.2, 0.25) is 0 Å². The molecule has 0 aromatic heterocycles. The number of carbonyl (C=O) groups excluding carboxylic acids is 1. The van der Waals surface area contributed by atoms with Crippen molar-refractivity contribution in [3.63, 3.8) is 0 Å². The van der Waals surface area contributed by atoms with Gasteiger partial charge in [0.1, 0.15) is 13.2 Å². The molecule has 0 aromatic rings. The van der Waals surface area contributed by atoms with Crippen LogP contribution in [0.3, 0.4) is 0 Å². The van der Waals surface area contributed by atoms with Crippen molar-refractivity contribution >= 4 is 32.5 Å². The summed E-state index contributed by atoms with van der Waals surface area (Å²) in [5.74, 6) is -0.775. The molecule has 0 aliphatic heterocycles. The molecule has 6 nitrogen and oxygen atoms in total. The van der Waals surface area contributed by atoms with Gasteiger partial charge in [-0.1, -0.05) is 0 Å². The molecule has 11 heavy (non-hydrogen) atoms. The van der Waals surface area contributed by atoms with Crippen molar-refractivity contribution in [2.45, 2.75) is 0 Å². The fourth-order valence-corrected chi connectivity index (χ4v) is 0.514. The summed E-state index contributed by atoms with van der Waals surface area (Å²) in [4.78, 5) is 26.2. The molecule has 0 unspecified atom stereocenters. The molecule has 0 saturated heterocycles. The second kappa shape index (κ2) is 5.92. The van der Waals surface area contributed by atoms with E-state index in [0.717, 1.165) is 0 Å². The van der Waals surface area contributed by atoms with Gasteiger partial charge in [0.05, 0.1) is 0 Å². The molecule has 0 aliphatic carbocycles. The topological polar surface area (TPSA) is 104 Å². The van der Waals surface area contributed by atoms with Crippen LogP contribution in [0.4, 0.5) is 0 Å². The SMILES string of the molecule is O=C(CO)COP(=O)(O)O.[LiH]. The van der Waals surface area contributed by atoms with Crippen molar-refractivity contribution in [2.75, 3.05) is 13.2 Å². The number of phosphoric acid groups is 1. The molecule has 62 valence electrons. The molecule has 0 amide bonds. The molecule has 3 N–H and O–H groups in total. The van der Waals surface area contributed by atoms with Crippen LogP contribution in [0.15, 0.2) is 0 Å². The predicted molar refractivity (Wildman–Crippen MR) is 37.2 cm³/mol. The molecular weight excluding hydrogens is 170 g/mol. The Balaban J connectivity index is 0. The molecule has 0 rings (SSSR count). The zero-order chi connectivity index (χ0) is 8.20. The van der Waals surface area contributed by atoms with Crippen molar-refractivity contribution in [3.8, 4) is 0 Å². The molecule has 0 radical (unpaired) electrons. The third-order valence-corrected chi connectivity index (χ3v) is 1.04. The van der Waals surface area contributed by atoms with Gasteiger partial charge < -0.3 is 14.9 Å². The van der Waals surface area contributed by atoms with E-state index in [2.05, 4.69) is 4.52 Å². The van der Waals surface area contributed by atoms with Crippen LogP contribution in [0.1, 0.15) is 0 Å². The quantitative estimate of drug-likeness (QED) is 0.340. The summed E-state index contributed by atoms with van der Waals surface area (Å²) in [6.07, 6.45) is 0. The van der Waals surface area contributed by atoms with Crippen LogP contribution in [-0.4, -0.2) is 52.8 Å². The molecule has 0 aliphatic rings. The molecule has 0 fully saturated rings. The van der Waals surface area contributed by atoms with Crippen LogP contribution < -0.4 is 0 Å². The maximum atomic E-state index is 10.1. The number of aliphatic hydroxyl groups is 1. The number of ketones is 1. The maximum absolute atomic E-state index is 10.1. The summed E-state index contributed by atoms with van der Waals surface area (Å²) >= 11 is 0. The summed E-state index contributed by atoms with van der Waals surface area (Å²) in [7, 11) is -4.56. The molecule has 0 aromatic carbocycles. The first-order chi connectivity index (χ1) is 4.45. The van der Waals surface area contributed by atoms with E-state index in [4.69, 9.17) is 14.9 Å². The summed E-state index contributed by atoms with van der Waals surface area (Å²) in [6.45, 7) is -1.54. The Kier molecular flexibility index (Phi) is 7.48. The van der Waals surface area contributed by atoms with Gasteiger partial charge >= 0.3 is 26.7 Å². The van der Waals surface area contributed by atoms with Gasteiger partial charge in [0, 0.05) is 0 Å². The minimum absolute atomic E-state index is 0. The van der Waals surface area contributed by atoms with Gasteiger partial charge in [0.2, 0.25) is 0 Å². The Bertz CT molecular complexity index is 163. The molecule has 0 spiro atoms. The average Bonchev–Trinajstić information content (AvgIpc) is 1.81. The van der Waals surface area contributed by atoms with E-state index in [9.17, 15) is 9.36 Å². The second-order valence-corrected chi connectivity index (χ2v) is 2.70. The van der Waals surface area contributed by atoms with Crippen LogP contribution >= 0.6 is 7.82 Å². The fraction of sp³-hybridized carbons (Fsp3) is 0.667. The van der Waals surface area contributed by atoms with Gasteiger partial charge in [-0.3, -0.25) is 9.32 Å². The first-order valence-corrected chi connectivity index (χ1v) is 3.81. The van der Waals surface area contributed by atoms with E-state index < -0.39 is 26.8 Å². The van der Waals surface area contributed by atoms with E-state index in [1.165, 1.54) is 0 Å². The Morgan fingerprint density at radius 3 is 2.18 bits per heavy atom. The van der Waals surface area contributed by atoms with Crippen LogP contribution in [0.25, 0.3) is 0 Å². The normalized spacial score (nSPS) is 10.5. The van der Waals surface area contributed by atoms with Gasteiger partial charge in [-0.05, 0) is 0 Å². The number of hydrogen-bond acceptors (Lipinski definition) is 4. The van der Waals surface area contributed by atoms with E-state index in [0.29, 0.717) is 0 Å². The van der Waals surface area contributed by atoms with E-state index in [-0.39, 0.29) is 18.9 Å². The molecule has 0 saturated carbocycles. The van der Waals surface area contributed by atoms with Gasteiger partial charge in [0.15, 0.2) is 5.78 Å². The second-order valence-electron chi connectivity index (χ2n) is 1.46. The van der Waals surface area contributed by atoms with Gasteiger partial charge in [-0.25, -0.2) is 4.57 Å². The van der Waals surface area contributed by atoms with Crippen molar-refractivity contribution in [3.05, 3.63) is 0 Å². The summed E-state index contributed by atoms with van der Waals surface area (Å²) in [6, 6.07) is 0. The zero-order valence-corrected chi connectivity index (χ0v) is 5.82. The molecule has 0 atom stereocenters. The number of rotatable bonds is 4. The number of carbonyl (C=O) groups is 1.